The minimum absolute atomic E-state index is 0.320. The smallest absolute Gasteiger partial charge is 0.338 e. The number of amides is 1. The lowest BCUT2D eigenvalue weighted by atomic mass is 10.2. The summed E-state index contributed by atoms with van der Waals surface area (Å²) in [5, 5.41) is 3.16. The van der Waals surface area contributed by atoms with Crippen molar-refractivity contribution >= 4 is 39.4 Å². The summed E-state index contributed by atoms with van der Waals surface area (Å²) >= 11 is 1.38. The van der Waals surface area contributed by atoms with Gasteiger partial charge < -0.3 is 4.74 Å². The van der Waals surface area contributed by atoms with Gasteiger partial charge in [0.1, 0.15) is 0 Å². The van der Waals surface area contributed by atoms with Crippen LogP contribution in [0.1, 0.15) is 39.2 Å². The lowest BCUT2D eigenvalue weighted by molar-refractivity contribution is -0.123. The number of anilines is 1. The number of thiazole rings is 1. The normalized spacial score (nSPS) is 12.0. The Morgan fingerprint density at radius 2 is 1.67 bits per heavy atom. The number of fused-ring (bicyclic) bond motifs is 1. The van der Waals surface area contributed by atoms with Gasteiger partial charge in [-0.3, -0.25) is 10.1 Å². The number of carbonyl (C=O) groups is 2. The van der Waals surface area contributed by atoms with Crippen LogP contribution in [0.15, 0.2) is 18.2 Å². The van der Waals surface area contributed by atoms with E-state index in [9.17, 15) is 9.59 Å². The number of aromatic nitrogens is 3. The molecule has 0 aliphatic rings. The van der Waals surface area contributed by atoms with Crippen LogP contribution in [0.3, 0.4) is 0 Å². The molecule has 1 amide bonds. The van der Waals surface area contributed by atoms with Gasteiger partial charge in [-0.15, -0.1) is 11.3 Å². The number of hydrogen-bond donors (Lipinski definition) is 1. The highest BCUT2D eigenvalue weighted by atomic mass is 32.1. The third-order valence-electron chi connectivity index (χ3n) is 4.22. The van der Waals surface area contributed by atoms with E-state index in [2.05, 4.69) is 20.3 Å². The zero-order valence-electron chi connectivity index (χ0n) is 15.8. The summed E-state index contributed by atoms with van der Waals surface area (Å²) in [4.78, 5) is 38.8. The summed E-state index contributed by atoms with van der Waals surface area (Å²) in [6, 6.07) is 4.96. The fourth-order valence-electron chi connectivity index (χ4n) is 2.37. The van der Waals surface area contributed by atoms with Crippen LogP contribution in [-0.2, 0) is 9.53 Å². The van der Waals surface area contributed by atoms with E-state index in [1.807, 2.05) is 27.7 Å². The van der Waals surface area contributed by atoms with Crippen LogP contribution in [0, 0.1) is 27.7 Å². The van der Waals surface area contributed by atoms with E-state index >= 15 is 0 Å². The van der Waals surface area contributed by atoms with Gasteiger partial charge in [0.05, 0.1) is 33.7 Å². The van der Waals surface area contributed by atoms with Gasteiger partial charge in [0.2, 0.25) is 0 Å². The molecule has 0 saturated carbocycles. The third-order valence-corrected chi connectivity index (χ3v) is 5.21. The number of carbonyl (C=O) groups excluding carboxylic acids is 2. The summed E-state index contributed by atoms with van der Waals surface area (Å²) in [7, 11) is 0. The number of ether oxygens (including phenoxy) is 1. The zero-order valence-corrected chi connectivity index (χ0v) is 16.6. The largest absolute Gasteiger partial charge is 0.449 e. The molecule has 3 rings (SSSR count). The molecule has 27 heavy (non-hydrogen) atoms. The summed E-state index contributed by atoms with van der Waals surface area (Å²) in [5.74, 6) is -1.02. The molecule has 7 nitrogen and oxygen atoms in total. The van der Waals surface area contributed by atoms with Gasteiger partial charge >= 0.3 is 5.97 Å². The van der Waals surface area contributed by atoms with Crippen molar-refractivity contribution in [3.8, 4) is 0 Å². The van der Waals surface area contributed by atoms with E-state index in [1.165, 1.54) is 18.3 Å². The summed E-state index contributed by atoms with van der Waals surface area (Å²) in [6.45, 7) is 9.07. The maximum atomic E-state index is 12.4. The monoisotopic (exact) mass is 384 g/mol. The van der Waals surface area contributed by atoms with E-state index in [1.54, 1.807) is 18.2 Å². The predicted octanol–water partition coefficient (Wildman–Crippen LogP) is 3.50. The van der Waals surface area contributed by atoms with Crippen LogP contribution in [-0.4, -0.2) is 32.9 Å². The van der Waals surface area contributed by atoms with Crippen molar-refractivity contribution in [2.45, 2.75) is 40.7 Å². The SMILES string of the molecule is Cc1nc2ccc(C(=O)O[C@H](C)C(=O)Nc3nc(C)c(C)s3)cc2nc1C. The van der Waals surface area contributed by atoms with Gasteiger partial charge in [-0.1, -0.05) is 0 Å². The Labute approximate surface area is 160 Å². The number of rotatable bonds is 4. The van der Waals surface area contributed by atoms with E-state index < -0.39 is 18.0 Å². The van der Waals surface area contributed by atoms with E-state index in [0.717, 1.165) is 22.0 Å². The number of nitrogens with one attached hydrogen (secondary N) is 1. The first kappa shape index (κ1) is 18.9. The van der Waals surface area contributed by atoms with E-state index in [0.29, 0.717) is 21.7 Å². The van der Waals surface area contributed by atoms with Gasteiger partial charge in [-0.2, -0.15) is 0 Å². The Kier molecular flexibility index (Phi) is 5.18. The molecule has 0 unspecified atom stereocenters. The highest BCUT2D eigenvalue weighted by Crippen LogP contribution is 2.21. The molecule has 0 radical (unpaired) electrons. The lowest BCUT2D eigenvalue weighted by Gasteiger charge is -2.12. The Balaban J connectivity index is 1.71. The fraction of sp³-hybridized carbons (Fsp3) is 0.316. The molecule has 8 heteroatoms. The van der Waals surface area contributed by atoms with Gasteiger partial charge in [-0.25, -0.2) is 19.7 Å². The molecule has 1 aromatic carbocycles. The Morgan fingerprint density at radius 1 is 1.00 bits per heavy atom. The van der Waals surface area contributed by atoms with Crippen molar-refractivity contribution < 1.29 is 14.3 Å². The van der Waals surface area contributed by atoms with Crippen LogP contribution in [0.25, 0.3) is 11.0 Å². The van der Waals surface area contributed by atoms with Crippen LogP contribution < -0.4 is 5.32 Å². The van der Waals surface area contributed by atoms with Gasteiger partial charge in [0, 0.05) is 4.88 Å². The second-order valence-electron chi connectivity index (χ2n) is 6.30. The molecule has 3 aromatic rings. The van der Waals surface area contributed by atoms with Crippen molar-refractivity contribution in [1.29, 1.82) is 0 Å². The molecule has 0 fully saturated rings. The number of benzene rings is 1. The molecule has 0 saturated heterocycles. The molecular formula is C19H20N4O3S. The Morgan fingerprint density at radius 3 is 2.30 bits per heavy atom. The Bertz CT molecular complexity index is 1030. The predicted molar refractivity (Wildman–Crippen MR) is 104 cm³/mol. The van der Waals surface area contributed by atoms with Crippen LogP contribution >= 0.6 is 11.3 Å². The molecule has 140 valence electrons. The summed E-state index contributed by atoms with van der Waals surface area (Å²) in [6.07, 6.45) is -0.955. The zero-order chi connectivity index (χ0) is 19.7. The molecule has 1 atom stereocenters. The quantitative estimate of drug-likeness (QED) is 0.692. The number of esters is 1. The average Bonchev–Trinajstić information content (AvgIpc) is 2.92. The van der Waals surface area contributed by atoms with Crippen LogP contribution in [0.2, 0.25) is 0 Å². The molecule has 0 bridgehead atoms. The molecule has 0 aliphatic heterocycles. The van der Waals surface area contributed by atoms with Gasteiger partial charge in [-0.05, 0) is 52.8 Å². The van der Waals surface area contributed by atoms with Gasteiger partial charge in [0.25, 0.3) is 5.91 Å². The summed E-state index contributed by atoms with van der Waals surface area (Å²) in [5.41, 5.74) is 4.14. The maximum absolute atomic E-state index is 12.4. The minimum atomic E-state index is -0.955. The lowest BCUT2D eigenvalue weighted by Crippen LogP contribution is -2.30. The Hall–Kier alpha value is -2.87. The molecular weight excluding hydrogens is 364 g/mol. The van der Waals surface area contributed by atoms with Crippen LogP contribution in [0.4, 0.5) is 5.13 Å². The van der Waals surface area contributed by atoms with Crippen molar-refractivity contribution in [2.24, 2.45) is 0 Å². The first-order chi connectivity index (χ1) is 12.7. The molecule has 0 aliphatic carbocycles. The number of hydrogen-bond acceptors (Lipinski definition) is 7. The number of aryl methyl sites for hydroxylation is 4. The van der Waals surface area contributed by atoms with Crippen molar-refractivity contribution in [3.05, 3.63) is 45.7 Å². The van der Waals surface area contributed by atoms with Crippen molar-refractivity contribution in [3.63, 3.8) is 0 Å². The standard InChI is InChI=1S/C19H20N4O3S/c1-9-10(2)21-16-8-14(6-7-15(16)20-9)18(25)26-12(4)17(24)23-19-22-11(3)13(5)27-19/h6-8,12H,1-5H3,(H,22,23,24)/t12-/m1/s1. The molecule has 1 N–H and O–H groups in total. The van der Waals surface area contributed by atoms with E-state index in [-0.39, 0.29) is 0 Å². The fourth-order valence-corrected chi connectivity index (χ4v) is 3.19. The van der Waals surface area contributed by atoms with Gasteiger partial charge in [0.15, 0.2) is 11.2 Å². The molecule has 2 heterocycles. The first-order valence-corrected chi connectivity index (χ1v) is 9.27. The minimum Gasteiger partial charge on any atom is -0.449 e. The number of nitrogens with zero attached hydrogens (tertiary/aromatic N) is 3. The second-order valence-corrected chi connectivity index (χ2v) is 7.50. The second kappa shape index (κ2) is 7.40. The highest BCUT2D eigenvalue weighted by Gasteiger charge is 2.21. The van der Waals surface area contributed by atoms with Crippen molar-refractivity contribution in [1.82, 2.24) is 15.0 Å². The maximum Gasteiger partial charge on any atom is 0.338 e. The molecule has 0 spiro atoms. The first-order valence-electron chi connectivity index (χ1n) is 8.45. The van der Waals surface area contributed by atoms with E-state index in [4.69, 9.17) is 4.74 Å². The summed E-state index contributed by atoms with van der Waals surface area (Å²) < 4.78 is 5.29. The third kappa shape index (κ3) is 4.11. The van der Waals surface area contributed by atoms with Crippen molar-refractivity contribution in [2.75, 3.05) is 5.32 Å². The molecule has 2 aromatic heterocycles. The van der Waals surface area contributed by atoms with Crippen LogP contribution in [0.5, 0.6) is 0 Å². The topological polar surface area (TPSA) is 94.1 Å². The average molecular weight is 384 g/mol. The highest BCUT2D eigenvalue weighted by molar-refractivity contribution is 7.15.